The van der Waals surface area contributed by atoms with Gasteiger partial charge in [-0.15, -0.1) is 0 Å². The summed E-state index contributed by atoms with van der Waals surface area (Å²) in [5.41, 5.74) is 7.21. The Morgan fingerprint density at radius 3 is 2.55 bits per heavy atom. The highest BCUT2D eigenvalue weighted by atomic mass is 32.1. The molecule has 7 heteroatoms. The first-order valence-corrected chi connectivity index (χ1v) is 3.71. The molecule has 0 aliphatic carbocycles. The Kier molecular flexibility index (Phi) is 5.71. The zero-order valence-corrected chi connectivity index (χ0v) is 7.64. The number of hydrazine groups is 2. The van der Waals surface area contributed by atoms with E-state index in [1.807, 2.05) is 6.92 Å². The summed E-state index contributed by atoms with van der Waals surface area (Å²) in [5.74, 6) is 4.95. The van der Waals surface area contributed by atoms with Gasteiger partial charge in [0.2, 0.25) is 0 Å². The van der Waals surface area contributed by atoms with Crippen LogP contribution in [0.15, 0.2) is 0 Å². The van der Waals surface area contributed by atoms with Gasteiger partial charge in [-0.25, -0.2) is 5.84 Å². The highest BCUT2D eigenvalue weighted by Crippen LogP contribution is 1.73. The molecule has 5 nitrogen and oxygen atoms in total. The summed E-state index contributed by atoms with van der Waals surface area (Å²) in [6.45, 7) is 2.34. The fourth-order valence-electron chi connectivity index (χ4n) is 0.311. The maximum Gasteiger partial charge on any atom is 0.275 e. The summed E-state index contributed by atoms with van der Waals surface area (Å²) in [6, 6.07) is 0. The van der Waals surface area contributed by atoms with Crippen molar-refractivity contribution in [3.8, 4) is 0 Å². The number of ether oxygens (including phenoxy) is 1. The number of rotatable bonds is 1. The molecule has 0 bridgehead atoms. The molecule has 0 atom stereocenters. The summed E-state index contributed by atoms with van der Waals surface area (Å²) in [7, 11) is 0. The van der Waals surface area contributed by atoms with Gasteiger partial charge in [0.15, 0.2) is 5.11 Å². The molecule has 0 spiro atoms. The van der Waals surface area contributed by atoms with Gasteiger partial charge in [0, 0.05) is 0 Å². The average Bonchev–Trinajstić information content (AvgIpc) is 2.01. The van der Waals surface area contributed by atoms with Gasteiger partial charge in [-0.2, -0.15) is 0 Å². The van der Waals surface area contributed by atoms with Crippen molar-refractivity contribution in [1.29, 1.82) is 0 Å². The highest BCUT2D eigenvalue weighted by Gasteiger charge is 1.93. The summed E-state index contributed by atoms with van der Waals surface area (Å²) in [6.07, 6.45) is 0. The zero-order valence-electron chi connectivity index (χ0n) is 6.01. The van der Waals surface area contributed by atoms with Crippen molar-refractivity contribution < 1.29 is 4.74 Å². The molecule has 0 unspecified atom stereocenters. The van der Waals surface area contributed by atoms with E-state index in [-0.39, 0.29) is 10.3 Å². The van der Waals surface area contributed by atoms with E-state index in [0.717, 1.165) is 0 Å². The molecule has 5 N–H and O–H groups in total. The van der Waals surface area contributed by atoms with Crippen LogP contribution in [0.5, 0.6) is 0 Å². The number of nitrogens with one attached hydrogen (secondary N) is 3. The van der Waals surface area contributed by atoms with Crippen LogP contribution in [0, 0.1) is 0 Å². The van der Waals surface area contributed by atoms with Crippen molar-refractivity contribution in [2.24, 2.45) is 5.84 Å². The van der Waals surface area contributed by atoms with E-state index in [1.54, 1.807) is 0 Å². The Morgan fingerprint density at radius 2 is 2.09 bits per heavy atom. The number of hydrogen-bond acceptors (Lipinski definition) is 4. The summed E-state index contributed by atoms with van der Waals surface area (Å²) in [4.78, 5) is 0. The SMILES string of the molecule is CCOC(=S)NNC(=S)NN. The summed E-state index contributed by atoms with van der Waals surface area (Å²) in [5, 5.41) is 0.470. The third kappa shape index (κ3) is 5.77. The van der Waals surface area contributed by atoms with Crippen molar-refractivity contribution in [2.45, 2.75) is 6.92 Å². The van der Waals surface area contributed by atoms with Gasteiger partial charge in [0.25, 0.3) is 5.17 Å². The standard InChI is InChI=1S/C4H10N4OS2/c1-2-9-4(11)8-7-3(10)6-5/h2,5H2,1H3,(H,8,11)(H2,6,7,10). The van der Waals surface area contributed by atoms with E-state index in [4.69, 9.17) is 22.8 Å². The van der Waals surface area contributed by atoms with E-state index < -0.39 is 0 Å². The second-order valence-electron chi connectivity index (χ2n) is 1.44. The van der Waals surface area contributed by atoms with Crippen LogP contribution in [0.4, 0.5) is 0 Å². The number of hydrogen-bond donors (Lipinski definition) is 4. The smallest absolute Gasteiger partial charge is 0.275 e. The number of nitrogens with two attached hydrogens (primary N) is 1. The van der Waals surface area contributed by atoms with Crippen molar-refractivity contribution >= 4 is 34.7 Å². The zero-order chi connectivity index (χ0) is 8.69. The molecule has 0 rings (SSSR count). The Hall–Kier alpha value is -0.660. The summed E-state index contributed by atoms with van der Waals surface area (Å²) >= 11 is 9.33. The molecule has 0 aromatic carbocycles. The Labute approximate surface area is 75.6 Å². The molecule has 0 radical (unpaired) electrons. The van der Waals surface area contributed by atoms with Gasteiger partial charge in [-0.3, -0.25) is 16.3 Å². The molecule has 0 aliphatic rings. The van der Waals surface area contributed by atoms with E-state index in [1.165, 1.54) is 0 Å². The maximum absolute atomic E-state index is 4.95. The molecule has 0 aromatic heterocycles. The van der Waals surface area contributed by atoms with Crippen molar-refractivity contribution in [1.82, 2.24) is 16.3 Å². The van der Waals surface area contributed by atoms with E-state index >= 15 is 0 Å². The van der Waals surface area contributed by atoms with Crippen LogP contribution < -0.4 is 22.1 Å². The van der Waals surface area contributed by atoms with Gasteiger partial charge in [0.1, 0.15) is 0 Å². The third-order valence-corrected chi connectivity index (χ3v) is 1.12. The van der Waals surface area contributed by atoms with Crippen LogP contribution >= 0.6 is 24.4 Å². The lowest BCUT2D eigenvalue weighted by atomic mass is 10.9. The van der Waals surface area contributed by atoms with Gasteiger partial charge >= 0.3 is 0 Å². The van der Waals surface area contributed by atoms with Crippen LogP contribution in [-0.2, 0) is 4.74 Å². The monoisotopic (exact) mass is 194 g/mol. The molecule has 0 saturated heterocycles. The van der Waals surface area contributed by atoms with Crippen LogP contribution in [0.3, 0.4) is 0 Å². The molecule has 11 heavy (non-hydrogen) atoms. The van der Waals surface area contributed by atoms with Gasteiger partial charge in [0.05, 0.1) is 6.61 Å². The molecular weight excluding hydrogens is 184 g/mol. The molecule has 0 aromatic rings. The lowest BCUT2D eigenvalue weighted by molar-refractivity contribution is 0.318. The van der Waals surface area contributed by atoms with Crippen molar-refractivity contribution in [3.05, 3.63) is 0 Å². The molecule has 64 valence electrons. The third-order valence-electron chi connectivity index (χ3n) is 0.685. The maximum atomic E-state index is 4.95. The Morgan fingerprint density at radius 1 is 1.45 bits per heavy atom. The van der Waals surface area contributed by atoms with Gasteiger partial charge in [-0.05, 0) is 31.4 Å². The topological polar surface area (TPSA) is 71.3 Å². The Bertz CT molecular complexity index is 151. The lowest BCUT2D eigenvalue weighted by Gasteiger charge is -2.09. The second kappa shape index (κ2) is 6.08. The van der Waals surface area contributed by atoms with Crippen LogP contribution in [0.1, 0.15) is 6.92 Å². The largest absolute Gasteiger partial charge is 0.470 e. The summed E-state index contributed by atoms with van der Waals surface area (Å²) < 4.78 is 4.87. The predicted molar refractivity (Wildman–Crippen MR) is 50.4 cm³/mol. The molecule has 0 fully saturated rings. The molecule has 0 amide bonds. The van der Waals surface area contributed by atoms with Gasteiger partial charge < -0.3 is 4.74 Å². The van der Waals surface area contributed by atoms with E-state index in [0.29, 0.717) is 6.61 Å². The molecule has 0 aliphatic heterocycles. The van der Waals surface area contributed by atoms with Crippen LogP contribution in [0.2, 0.25) is 0 Å². The molecule has 0 heterocycles. The minimum absolute atomic E-state index is 0.227. The highest BCUT2D eigenvalue weighted by molar-refractivity contribution is 7.80. The minimum atomic E-state index is 0.227. The minimum Gasteiger partial charge on any atom is -0.470 e. The quantitative estimate of drug-likeness (QED) is 0.246. The molecular formula is C4H10N4OS2. The fraction of sp³-hybridized carbons (Fsp3) is 0.500. The molecule has 0 saturated carbocycles. The van der Waals surface area contributed by atoms with E-state index in [2.05, 4.69) is 28.5 Å². The average molecular weight is 194 g/mol. The first kappa shape index (κ1) is 10.3. The number of thiocarbonyl (C=S) groups is 2. The first-order valence-electron chi connectivity index (χ1n) is 2.90. The van der Waals surface area contributed by atoms with Crippen molar-refractivity contribution in [3.63, 3.8) is 0 Å². The Balaban J connectivity index is 3.38. The van der Waals surface area contributed by atoms with Gasteiger partial charge in [-0.1, -0.05) is 0 Å². The predicted octanol–water partition coefficient (Wildman–Crippen LogP) is -0.850. The second-order valence-corrected chi connectivity index (χ2v) is 2.22. The van der Waals surface area contributed by atoms with Crippen LogP contribution in [0.25, 0.3) is 0 Å². The fourth-order valence-corrected chi connectivity index (χ4v) is 0.531. The normalized spacial score (nSPS) is 8.18. The first-order chi connectivity index (χ1) is 5.20. The van der Waals surface area contributed by atoms with Crippen LogP contribution in [-0.4, -0.2) is 16.9 Å². The van der Waals surface area contributed by atoms with Crippen molar-refractivity contribution in [2.75, 3.05) is 6.61 Å². The van der Waals surface area contributed by atoms with E-state index in [9.17, 15) is 0 Å². The lowest BCUT2D eigenvalue weighted by Crippen LogP contribution is -2.48.